The van der Waals surface area contributed by atoms with Crippen molar-refractivity contribution < 1.29 is 27.5 Å². The number of anilines is 2. The second kappa shape index (κ2) is 18.1. The lowest BCUT2D eigenvalue weighted by atomic mass is 9.79. The number of rotatable bonds is 10. The lowest BCUT2D eigenvalue weighted by Gasteiger charge is -2.41. The van der Waals surface area contributed by atoms with E-state index in [1.807, 2.05) is 0 Å². The molecule has 6 rings (SSSR count). The van der Waals surface area contributed by atoms with Crippen LogP contribution in [0.2, 0.25) is 36.3 Å². The fourth-order valence-corrected chi connectivity index (χ4v) is 10.6. The van der Waals surface area contributed by atoms with Gasteiger partial charge in [-0.25, -0.2) is 0 Å². The van der Waals surface area contributed by atoms with Gasteiger partial charge in [-0.15, -0.1) is 0 Å². The molecule has 0 spiro atoms. The average molecular weight is 863 g/mol. The Morgan fingerprint density at radius 3 is 0.950 bits per heavy atom. The van der Waals surface area contributed by atoms with Crippen LogP contribution in [-0.4, -0.2) is 77.6 Å². The molecule has 0 unspecified atom stereocenters. The van der Waals surface area contributed by atoms with E-state index in [1.54, 1.807) is 0 Å². The van der Waals surface area contributed by atoms with Crippen molar-refractivity contribution in [2.45, 2.75) is 231 Å². The third kappa shape index (κ3) is 11.9. The number of benzene rings is 2. The number of hydrogen-bond donors (Lipinski definition) is 2. The molecular weight excluding hydrogens is 778 g/mol. The zero-order valence-electron chi connectivity index (χ0n) is 41.2. The van der Waals surface area contributed by atoms with Gasteiger partial charge in [0.1, 0.15) is 0 Å². The topological polar surface area (TPSA) is 79.4 Å². The van der Waals surface area contributed by atoms with Gasteiger partial charge < -0.3 is 38.1 Å². The molecule has 2 aromatic rings. The van der Waals surface area contributed by atoms with Gasteiger partial charge in [0.05, 0.1) is 22.4 Å². The molecule has 2 aliphatic carbocycles. The fourth-order valence-electron chi connectivity index (χ4n) is 7.74. The van der Waals surface area contributed by atoms with Crippen LogP contribution in [0.3, 0.4) is 0 Å². The first-order valence-electron chi connectivity index (χ1n) is 23.2. The first-order valence-corrected chi connectivity index (χ1v) is 29.0. The molecule has 2 N–H and O–H groups in total. The van der Waals surface area contributed by atoms with E-state index in [0.29, 0.717) is 24.3 Å². The molecule has 0 atom stereocenters. The van der Waals surface area contributed by atoms with Crippen molar-refractivity contribution in [1.82, 2.24) is 0 Å². The summed E-state index contributed by atoms with van der Waals surface area (Å²) in [5.41, 5.74) is 3.27. The van der Waals surface area contributed by atoms with Crippen LogP contribution < -0.4 is 21.6 Å². The Balaban J connectivity index is 0.000000228. The van der Waals surface area contributed by atoms with E-state index < -0.39 is 16.6 Å². The molecule has 60 heavy (non-hydrogen) atoms. The average Bonchev–Trinajstić information content (AvgIpc) is 3.49. The summed E-state index contributed by atoms with van der Waals surface area (Å²) in [5, 5.41) is 8.00. The van der Waals surface area contributed by atoms with Crippen LogP contribution in [0, 0.1) is 0 Å². The van der Waals surface area contributed by atoms with Gasteiger partial charge in [-0.3, -0.25) is 0 Å². The molecule has 4 aliphatic rings. The standard InChI is InChI=1S/2C24H42BNO3Si/c2*1-22(2,3)30(8,9)27-21-16-14-20(15-17-21)26-19-12-10-18(11-13-19)25-28-23(4,5)24(6,7)29-25/h2*10-13,20-21,26H,14-17H2,1-9H3. The van der Waals surface area contributed by atoms with Crippen molar-refractivity contribution in [1.29, 1.82) is 0 Å². The fraction of sp³-hybridized carbons (Fsp3) is 0.750. The van der Waals surface area contributed by atoms with Gasteiger partial charge in [0.25, 0.3) is 0 Å². The Labute approximate surface area is 369 Å². The van der Waals surface area contributed by atoms with Gasteiger partial charge in [-0.2, -0.15) is 0 Å². The maximum atomic E-state index is 6.63. The zero-order valence-corrected chi connectivity index (χ0v) is 43.2. The molecule has 0 radical (unpaired) electrons. The molecule has 0 aromatic heterocycles. The molecule has 2 heterocycles. The lowest BCUT2D eigenvalue weighted by molar-refractivity contribution is 0.00578. The van der Waals surface area contributed by atoms with Crippen LogP contribution >= 0.6 is 0 Å². The molecule has 0 amide bonds. The van der Waals surface area contributed by atoms with Crippen molar-refractivity contribution in [3.05, 3.63) is 48.5 Å². The van der Waals surface area contributed by atoms with E-state index in [1.165, 1.54) is 11.4 Å². The Hall–Kier alpha value is -1.64. The Bertz CT molecular complexity index is 1530. The Kier molecular flexibility index (Phi) is 14.9. The van der Waals surface area contributed by atoms with Crippen LogP contribution in [0.4, 0.5) is 11.4 Å². The Morgan fingerprint density at radius 1 is 0.467 bits per heavy atom. The molecular formula is C48H84B2N2O6Si2. The minimum absolute atomic E-state index is 0.279. The quantitative estimate of drug-likeness (QED) is 0.229. The van der Waals surface area contributed by atoms with Crippen LogP contribution in [0.25, 0.3) is 0 Å². The van der Waals surface area contributed by atoms with Gasteiger partial charge >= 0.3 is 14.2 Å². The third-order valence-corrected chi connectivity index (χ3v) is 24.6. The third-order valence-electron chi connectivity index (χ3n) is 15.5. The summed E-state index contributed by atoms with van der Waals surface area (Å²) in [6, 6.07) is 18.1. The molecule has 2 saturated carbocycles. The monoisotopic (exact) mass is 863 g/mol. The van der Waals surface area contributed by atoms with Crippen LogP contribution in [0.15, 0.2) is 48.5 Å². The molecule has 8 nitrogen and oxygen atoms in total. The highest BCUT2D eigenvalue weighted by atomic mass is 28.4. The molecule has 336 valence electrons. The van der Waals surface area contributed by atoms with E-state index in [4.69, 9.17) is 27.5 Å². The first kappa shape index (κ1) is 49.4. The molecule has 12 heteroatoms. The zero-order chi connectivity index (χ0) is 44.7. The van der Waals surface area contributed by atoms with Gasteiger partial charge in [-0.05, 0) is 178 Å². The van der Waals surface area contributed by atoms with E-state index in [2.05, 4.69) is 182 Å². The summed E-state index contributed by atoms with van der Waals surface area (Å²) in [4.78, 5) is 0. The maximum Gasteiger partial charge on any atom is 0.494 e. The smallest absolute Gasteiger partial charge is 0.414 e. The van der Waals surface area contributed by atoms with Gasteiger partial charge in [0.15, 0.2) is 16.6 Å². The van der Waals surface area contributed by atoms with E-state index >= 15 is 0 Å². The highest BCUT2D eigenvalue weighted by molar-refractivity contribution is 6.74. The lowest BCUT2D eigenvalue weighted by Crippen LogP contribution is -2.45. The predicted molar refractivity (Wildman–Crippen MR) is 260 cm³/mol. The summed E-state index contributed by atoms with van der Waals surface area (Å²) in [6.45, 7) is 40.1. The summed E-state index contributed by atoms with van der Waals surface area (Å²) < 4.78 is 37.9. The molecule has 2 saturated heterocycles. The SMILES string of the molecule is CC1(C)OB(c2ccc(NC3CCC(O[Si](C)(C)C(C)(C)C)CC3)cc2)OC1(C)C.CC1(C)OB(c2ccc(NC3CCC(O[Si](C)(C)C(C)(C)C)CC3)cc2)OC1(C)C. The number of nitrogens with one attached hydrogen (secondary N) is 2. The van der Waals surface area contributed by atoms with Gasteiger partial charge in [0.2, 0.25) is 0 Å². The van der Waals surface area contributed by atoms with Crippen LogP contribution in [0.1, 0.15) is 148 Å². The first-order chi connectivity index (χ1) is 27.4. The largest absolute Gasteiger partial charge is 0.494 e. The van der Waals surface area contributed by atoms with Gasteiger partial charge in [-0.1, -0.05) is 65.8 Å². The second-order valence-electron chi connectivity index (χ2n) is 23.4. The minimum atomic E-state index is -1.67. The summed E-state index contributed by atoms with van der Waals surface area (Å²) in [5.74, 6) is 0. The van der Waals surface area contributed by atoms with Crippen LogP contribution in [0.5, 0.6) is 0 Å². The van der Waals surface area contributed by atoms with Crippen molar-refractivity contribution in [3.63, 3.8) is 0 Å². The molecule has 0 bridgehead atoms. The highest BCUT2D eigenvalue weighted by Gasteiger charge is 2.53. The number of hydrogen-bond acceptors (Lipinski definition) is 8. The van der Waals surface area contributed by atoms with Crippen molar-refractivity contribution >= 4 is 53.2 Å². The second-order valence-corrected chi connectivity index (χ2v) is 32.9. The maximum absolute atomic E-state index is 6.63. The molecule has 4 fully saturated rings. The van der Waals surface area contributed by atoms with Crippen LogP contribution in [-0.2, 0) is 27.5 Å². The van der Waals surface area contributed by atoms with E-state index in [0.717, 1.165) is 62.3 Å². The summed E-state index contributed by atoms with van der Waals surface area (Å²) in [6.07, 6.45) is 10.1. The van der Waals surface area contributed by atoms with Gasteiger partial charge in [0, 0.05) is 35.7 Å². The minimum Gasteiger partial charge on any atom is -0.414 e. The van der Waals surface area contributed by atoms with Crippen molar-refractivity contribution in [2.75, 3.05) is 10.6 Å². The van der Waals surface area contributed by atoms with E-state index in [-0.39, 0.29) is 46.7 Å². The molecule has 2 aromatic carbocycles. The van der Waals surface area contributed by atoms with Crippen molar-refractivity contribution in [3.8, 4) is 0 Å². The Morgan fingerprint density at radius 2 is 0.717 bits per heavy atom. The highest BCUT2D eigenvalue weighted by Crippen LogP contribution is 2.42. The normalized spacial score (nSPS) is 26.6. The van der Waals surface area contributed by atoms with E-state index in [9.17, 15) is 0 Å². The molecule has 2 aliphatic heterocycles. The van der Waals surface area contributed by atoms with Crippen molar-refractivity contribution in [2.24, 2.45) is 0 Å². The predicted octanol–water partition coefficient (Wildman–Crippen LogP) is 11.5. The summed E-state index contributed by atoms with van der Waals surface area (Å²) in [7, 11) is -3.94. The summed E-state index contributed by atoms with van der Waals surface area (Å²) >= 11 is 0.